The van der Waals surface area contributed by atoms with Gasteiger partial charge in [0.25, 0.3) is 0 Å². The smallest absolute Gasteiger partial charge is 0.313 e. The van der Waals surface area contributed by atoms with Crippen LogP contribution in [0.4, 0.5) is 15.8 Å². The molecule has 0 aliphatic heterocycles. The molecule has 0 radical (unpaired) electrons. The third-order valence-corrected chi connectivity index (χ3v) is 3.91. The van der Waals surface area contributed by atoms with Gasteiger partial charge in [-0.05, 0) is 24.7 Å². The van der Waals surface area contributed by atoms with E-state index in [1.54, 1.807) is 7.11 Å². The van der Waals surface area contributed by atoms with Crippen molar-refractivity contribution < 1.29 is 18.8 Å². The number of halogens is 1. The van der Waals surface area contributed by atoms with Crippen molar-refractivity contribution in [2.75, 3.05) is 32.7 Å². The van der Waals surface area contributed by atoms with Crippen LogP contribution in [0, 0.1) is 21.3 Å². The number of nitrogens with zero attached hydrogens (tertiary/aromatic N) is 1. The van der Waals surface area contributed by atoms with Gasteiger partial charge in [0.2, 0.25) is 0 Å². The van der Waals surface area contributed by atoms with Crippen LogP contribution in [0.2, 0.25) is 0 Å². The van der Waals surface area contributed by atoms with Crippen LogP contribution < -0.4 is 10.1 Å². The molecule has 0 unspecified atom stereocenters. The Bertz CT molecular complexity index is 532. The van der Waals surface area contributed by atoms with Crippen LogP contribution in [0.1, 0.15) is 19.3 Å². The Kier molecular flexibility index (Phi) is 4.62. The fourth-order valence-electron chi connectivity index (χ4n) is 2.28. The first-order chi connectivity index (χ1) is 10.0. The molecule has 21 heavy (non-hydrogen) atoms. The van der Waals surface area contributed by atoms with E-state index < -0.39 is 10.7 Å². The number of hydrogen-bond donors (Lipinski definition) is 1. The van der Waals surface area contributed by atoms with Crippen molar-refractivity contribution >= 4 is 11.4 Å². The Hall–Kier alpha value is -1.89. The predicted octanol–water partition coefficient (Wildman–Crippen LogP) is 2.97. The van der Waals surface area contributed by atoms with Crippen LogP contribution in [0.15, 0.2) is 12.1 Å². The van der Waals surface area contributed by atoms with Crippen LogP contribution in [-0.4, -0.2) is 32.3 Å². The monoisotopic (exact) mass is 298 g/mol. The molecule has 0 aromatic heterocycles. The number of nitro benzene ring substituents is 1. The van der Waals surface area contributed by atoms with E-state index in [2.05, 4.69) is 5.32 Å². The summed E-state index contributed by atoms with van der Waals surface area (Å²) in [5.41, 5.74) is -0.000473. The summed E-state index contributed by atoms with van der Waals surface area (Å²) >= 11 is 0. The number of rotatable bonds is 8. The number of hydrogen-bond acceptors (Lipinski definition) is 5. The van der Waals surface area contributed by atoms with E-state index in [4.69, 9.17) is 9.47 Å². The van der Waals surface area contributed by atoms with Crippen molar-refractivity contribution in [2.24, 2.45) is 5.41 Å². The normalized spacial score (nSPS) is 15.6. The molecule has 1 aromatic rings. The summed E-state index contributed by atoms with van der Waals surface area (Å²) in [6, 6.07) is 2.22. The highest BCUT2D eigenvalue weighted by Gasteiger charge is 2.41. The van der Waals surface area contributed by atoms with Gasteiger partial charge in [0.1, 0.15) is 0 Å². The molecule has 6 nitrogen and oxygen atoms in total. The van der Waals surface area contributed by atoms with Crippen molar-refractivity contribution in [3.63, 3.8) is 0 Å². The highest BCUT2D eigenvalue weighted by molar-refractivity contribution is 5.59. The summed E-state index contributed by atoms with van der Waals surface area (Å²) in [4.78, 5) is 10.2. The molecule has 2 rings (SSSR count). The first kappa shape index (κ1) is 15.5. The van der Waals surface area contributed by atoms with Gasteiger partial charge >= 0.3 is 5.69 Å². The molecule has 1 aromatic carbocycles. The van der Waals surface area contributed by atoms with E-state index in [-0.39, 0.29) is 22.5 Å². The molecule has 0 bridgehead atoms. The second-order valence-electron chi connectivity index (χ2n) is 5.36. The zero-order valence-electron chi connectivity index (χ0n) is 12.1. The molecule has 0 heterocycles. The average Bonchev–Trinajstić information content (AvgIpc) is 3.24. The zero-order valence-corrected chi connectivity index (χ0v) is 12.1. The predicted molar refractivity (Wildman–Crippen MR) is 76.3 cm³/mol. The molecule has 1 N–H and O–H groups in total. The summed E-state index contributed by atoms with van der Waals surface area (Å²) in [6.07, 6.45) is 3.08. The number of ether oxygens (including phenoxy) is 2. The number of methoxy groups -OCH3 is 2. The van der Waals surface area contributed by atoms with Gasteiger partial charge in [0.15, 0.2) is 11.6 Å². The summed E-state index contributed by atoms with van der Waals surface area (Å²) in [7, 11) is 2.98. The van der Waals surface area contributed by atoms with Crippen LogP contribution >= 0.6 is 0 Å². The number of nitrogens with one attached hydrogen (secondary N) is 1. The van der Waals surface area contributed by atoms with Gasteiger partial charge in [0.05, 0.1) is 23.8 Å². The molecule has 1 fully saturated rings. The molecule has 0 amide bonds. The maximum absolute atomic E-state index is 13.9. The quantitative estimate of drug-likeness (QED) is 0.590. The molecule has 1 aliphatic rings. The topological polar surface area (TPSA) is 73.6 Å². The Morgan fingerprint density at radius 3 is 2.67 bits per heavy atom. The first-order valence-electron chi connectivity index (χ1n) is 6.76. The standard InChI is InChI=1S/C14H19FN2O4/c1-20-6-5-14(3-4-14)9-16-11-8-13(21-2)12(17(18)19)7-10(11)15/h7-8,16H,3-6,9H2,1-2H3. The van der Waals surface area contributed by atoms with E-state index in [0.29, 0.717) is 13.2 Å². The zero-order chi connectivity index (χ0) is 15.5. The lowest BCUT2D eigenvalue weighted by Gasteiger charge is -2.17. The lowest BCUT2D eigenvalue weighted by atomic mass is 10.0. The van der Waals surface area contributed by atoms with Gasteiger partial charge in [-0.1, -0.05) is 0 Å². The Morgan fingerprint density at radius 2 is 2.14 bits per heavy atom. The van der Waals surface area contributed by atoms with Gasteiger partial charge in [-0.2, -0.15) is 0 Å². The summed E-state index contributed by atoms with van der Waals surface area (Å²) in [5.74, 6) is -0.601. The Balaban J connectivity index is 2.08. The largest absolute Gasteiger partial charge is 0.490 e. The van der Waals surface area contributed by atoms with Crippen molar-refractivity contribution in [1.82, 2.24) is 0 Å². The maximum Gasteiger partial charge on any atom is 0.313 e. The van der Waals surface area contributed by atoms with Crippen molar-refractivity contribution in [3.05, 3.63) is 28.1 Å². The van der Waals surface area contributed by atoms with Gasteiger partial charge in [-0.15, -0.1) is 0 Å². The van der Waals surface area contributed by atoms with Gasteiger partial charge in [-0.25, -0.2) is 4.39 Å². The van der Waals surface area contributed by atoms with E-state index in [9.17, 15) is 14.5 Å². The molecule has 116 valence electrons. The van der Waals surface area contributed by atoms with Crippen molar-refractivity contribution in [2.45, 2.75) is 19.3 Å². The molecule has 7 heteroatoms. The molecule has 1 saturated carbocycles. The molecule has 0 saturated heterocycles. The minimum Gasteiger partial charge on any atom is -0.490 e. The van der Waals surface area contributed by atoms with E-state index in [1.165, 1.54) is 13.2 Å². The van der Waals surface area contributed by atoms with Gasteiger partial charge in [0, 0.05) is 26.3 Å². The minimum atomic E-state index is -0.660. The molecular weight excluding hydrogens is 279 g/mol. The van der Waals surface area contributed by atoms with Crippen molar-refractivity contribution in [3.8, 4) is 5.75 Å². The SMILES string of the molecule is COCCC1(CNc2cc(OC)c([N+](=O)[O-])cc2F)CC1. The fraction of sp³-hybridized carbons (Fsp3) is 0.571. The molecule has 1 aliphatic carbocycles. The van der Waals surface area contributed by atoms with Gasteiger partial charge < -0.3 is 14.8 Å². The van der Waals surface area contributed by atoms with Crippen LogP contribution in [0.25, 0.3) is 0 Å². The summed E-state index contributed by atoms with van der Waals surface area (Å²) in [5, 5.41) is 13.8. The highest BCUT2D eigenvalue weighted by Crippen LogP contribution is 2.49. The Labute approximate surface area is 122 Å². The maximum atomic E-state index is 13.9. The summed E-state index contributed by atoms with van der Waals surface area (Å²) < 4.78 is 23.9. The van der Waals surface area contributed by atoms with Gasteiger partial charge in [-0.3, -0.25) is 10.1 Å². The third-order valence-electron chi connectivity index (χ3n) is 3.91. The highest BCUT2D eigenvalue weighted by atomic mass is 19.1. The second-order valence-corrected chi connectivity index (χ2v) is 5.36. The summed E-state index contributed by atoms with van der Waals surface area (Å²) in [6.45, 7) is 1.29. The lowest BCUT2D eigenvalue weighted by molar-refractivity contribution is -0.385. The Morgan fingerprint density at radius 1 is 1.43 bits per heavy atom. The van der Waals surface area contributed by atoms with Crippen LogP contribution in [-0.2, 0) is 4.74 Å². The lowest BCUT2D eigenvalue weighted by Crippen LogP contribution is -2.18. The van der Waals surface area contributed by atoms with E-state index in [1.807, 2.05) is 0 Å². The first-order valence-corrected chi connectivity index (χ1v) is 6.76. The molecular formula is C14H19FN2O4. The third kappa shape index (κ3) is 3.60. The molecule has 0 atom stereocenters. The van der Waals surface area contributed by atoms with Crippen LogP contribution in [0.3, 0.4) is 0 Å². The molecule has 0 spiro atoms. The average molecular weight is 298 g/mol. The number of anilines is 1. The fourth-order valence-corrected chi connectivity index (χ4v) is 2.28. The second kappa shape index (κ2) is 6.26. The number of nitro groups is 1. The van der Waals surface area contributed by atoms with Crippen LogP contribution in [0.5, 0.6) is 5.75 Å². The minimum absolute atomic E-state index is 0.0469. The van der Waals surface area contributed by atoms with Crippen molar-refractivity contribution in [1.29, 1.82) is 0 Å². The van der Waals surface area contributed by atoms with E-state index >= 15 is 0 Å². The number of benzene rings is 1. The van der Waals surface area contributed by atoms with E-state index in [0.717, 1.165) is 25.3 Å².